The summed E-state index contributed by atoms with van der Waals surface area (Å²) < 4.78 is 25.3. The molecular formula is C15H14BrClFNO2. The molecule has 0 aliphatic rings. The summed E-state index contributed by atoms with van der Waals surface area (Å²) in [7, 11) is 0. The molecule has 6 heteroatoms. The zero-order valence-corrected chi connectivity index (χ0v) is 13.8. The van der Waals surface area contributed by atoms with E-state index >= 15 is 0 Å². The molecule has 0 bridgehead atoms. The van der Waals surface area contributed by atoms with Crippen molar-refractivity contribution in [1.29, 1.82) is 0 Å². The first-order valence-corrected chi connectivity index (χ1v) is 7.42. The highest BCUT2D eigenvalue weighted by molar-refractivity contribution is 9.10. The van der Waals surface area contributed by atoms with Gasteiger partial charge < -0.3 is 15.2 Å². The van der Waals surface area contributed by atoms with Gasteiger partial charge in [-0.15, -0.1) is 0 Å². The van der Waals surface area contributed by atoms with E-state index < -0.39 is 5.82 Å². The van der Waals surface area contributed by atoms with Gasteiger partial charge in [0.25, 0.3) is 0 Å². The van der Waals surface area contributed by atoms with Gasteiger partial charge in [-0.2, -0.15) is 0 Å². The molecule has 0 aliphatic heterocycles. The number of ether oxygens (including phenoxy) is 2. The summed E-state index contributed by atoms with van der Waals surface area (Å²) in [5.41, 5.74) is 6.31. The summed E-state index contributed by atoms with van der Waals surface area (Å²) in [6.45, 7) is 3.82. The predicted molar refractivity (Wildman–Crippen MR) is 85.8 cm³/mol. The molecule has 0 saturated heterocycles. The van der Waals surface area contributed by atoms with E-state index in [1.165, 1.54) is 12.1 Å². The number of anilines is 1. The van der Waals surface area contributed by atoms with Crippen LogP contribution in [0.3, 0.4) is 0 Å². The number of hydrogen-bond acceptors (Lipinski definition) is 3. The van der Waals surface area contributed by atoms with Crippen LogP contribution in [0.1, 0.15) is 13.8 Å². The van der Waals surface area contributed by atoms with Gasteiger partial charge in [-0.1, -0.05) is 11.6 Å². The van der Waals surface area contributed by atoms with Crippen molar-refractivity contribution in [3.63, 3.8) is 0 Å². The molecule has 0 aliphatic carbocycles. The molecule has 0 saturated carbocycles. The topological polar surface area (TPSA) is 44.5 Å². The average Bonchev–Trinajstić information content (AvgIpc) is 2.34. The smallest absolute Gasteiger partial charge is 0.145 e. The monoisotopic (exact) mass is 373 g/mol. The lowest BCUT2D eigenvalue weighted by Crippen LogP contribution is -2.06. The minimum atomic E-state index is -0.558. The van der Waals surface area contributed by atoms with Crippen LogP contribution in [-0.2, 0) is 0 Å². The first-order valence-electron chi connectivity index (χ1n) is 6.25. The lowest BCUT2D eigenvalue weighted by molar-refractivity contribution is 0.242. The molecular weight excluding hydrogens is 361 g/mol. The number of benzene rings is 2. The fourth-order valence-electron chi connectivity index (χ4n) is 1.70. The lowest BCUT2D eigenvalue weighted by Gasteiger charge is -2.13. The molecule has 0 aromatic heterocycles. The van der Waals surface area contributed by atoms with E-state index in [4.69, 9.17) is 26.8 Å². The van der Waals surface area contributed by atoms with E-state index in [9.17, 15) is 4.39 Å². The Hall–Kier alpha value is -1.46. The molecule has 2 N–H and O–H groups in total. The molecule has 0 spiro atoms. The van der Waals surface area contributed by atoms with Crippen molar-refractivity contribution in [1.82, 2.24) is 0 Å². The van der Waals surface area contributed by atoms with Gasteiger partial charge in [-0.05, 0) is 35.8 Å². The zero-order chi connectivity index (χ0) is 15.6. The van der Waals surface area contributed by atoms with Crippen molar-refractivity contribution in [2.24, 2.45) is 0 Å². The van der Waals surface area contributed by atoms with Gasteiger partial charge in [-0.3, -0.25) is 0 Å². The second-order valence-corrected chi connectivity index (χ2v) is 5.96. The summed E-state index contributed by atoms with van der Waals surface area (Å²) in [4.78, 5) is 0. The largest absolute Gasteiger partial charge is 0.491 e. The van der Waals surface area contributed by atoms with Gasteiger partial charge in [0.2, 0.25) is 0 Å². The van der Waals surface area contributed by atoms with Crippen molar-refractivity contribution in [2.75, 3.05) is 5.73 Å². The van der Waals surface area contributed by atoms with Gasteiger partial charge in [0.1, 0.15) is 23.1 Å². The van der Waals surface area contributed by atoms with Crippen LogP contribution in [-0.4, -0.2) is 6.10 Å². The molecule has 0 radical (unpaired) electrons. The highest BCUT2D eigenvalue weighted by atomic mass is 79.9. The van der Waals surface area contributed by atoms with E-state index in [0.717, 1.165) is 0 Å². The normalized spacial score (nSPS) is 10.8. The van der Waals surface area contributed by atoms with Crippen LogP contribution >= 0.6 is 27.5 Å². The van der Waals surface area contributed by atoms with Crippen LogP contribution in [0.5, 0.6) is 17.2 Å². The number of nitrogen functional groups attached to an aromatic ring is 1. The second-order valence-electron chi connectivity index (χ2n) is 4.70. The summed E-state index contributed by atoms with van der Waals surface area (Å²) in [5.74, 6) is 0.786. The fraction of sp³-hybridized carbons (Fsp3) is 0.200. The van der Waals surface area contributed by atoms with Gasteiger partial charge >= 0.3 is 0 Å². The fourth-order valence-corrected chi connectivity index (χ4v) is 2.42. The Morgan fingerprint density at radius 3 is 2.48 bits per heavy atom. The third kappa shape index (κ3) is 4.25. The van der Waals surface area contributed by atoms with E-state index in [-0.39, 0.29) is 11.1 Å². The Balaban J connectivity index is 2.31. The van der Waals surface area contributed by atoms with Crippen LogP contribution in [0.15, 0.2) is 34.8 Å². The predicted octanol–water partition coefficient (Wildman–Crippen LogP) is 5.40. The molecule has 0 unspecified atom stereocenters. The van der Waals surface area contributed by atoms with Gasteiger partial charge in [0.05, 0.1) is 15.6 Å². The maximum Gasteiger partial charge on any atom is 0.145 e. The third-order valence-electron chi connectivity index (χ3n) is 2.48. The molecule has 0 fully saturated rings. The quantitative estimate of drug-likeness (QED) is 0.575. The van der Waals surface area contributed by atoms with Gasteiger partial charge in [-0.25, -0.2) is 4.39 Å². The maximum absolute atomic E-state index is 13.5. The zero-order valence-electron chi connectivity index (χ0n) is 11.5. The minimum Gasteiger partial charge on any atom is -0.491 e. The molecule has 0 amide bonds. The Bertz CT molecular complexity index is 664. The maximum atomic E-state index is 13.5. The minimum absolute atomic E-state index is 0.0133. The highest BCUT2D eigenvalue weighted by Crippen LogP contribution is 2.35. The Morgan fingerprint density at radius 2 is 1.81 bits per heavy atom. The summed E-state index contributed by atoms with van der Waals surface area (Å²) >= 11 is 8.97. The van der Waals surface area contributed by atoms with Crippen LogP contribution in [0.25, 0.3) is 0 Å². The first-order chi connectivity index (χ1) is 9.85. The van der Waals surface area contributed by atoms with E-state index in [2.05, 4.69) is 15.9 Å². The lowest BCUT2D eigenvalue weighted by atomic mass is 10.2. The first kappa shape index (κ1) is 15.9. The van der Waals surface area contributed by atoms with E-state index in [1.54, 1.807) is 18.2 Å². The summed E-state index contributed by atoms with van der Waals surface area (Å²) in [5, 5.41) is 0.0191. The average molecular weight is 375 g/mol. The van der Waals surface area contributed by atoms with Gasteiger partial charge in [0, 0.05) is 30.0 Å². The molecule has 0 heterocycles. The Morgan fingerprint density at radius 1 is 1.14 bits per heavy atom. The molecule has 2 rings (SSSR count). The van der Waals surface area contributed by atoms with Crippen LogP contribution < -0.4 is 15.2 Å². The van der Waals surface area contributed by atoms with E-state index in [1.807, 2.05) is 13.8 Å². The number of nitrogens with two attached hydrogens (primary N) is 1. The molecule has 21 heavy (non-hydrogen) atoms. The van der Waals surface area contributed by atoms with Crippen molar-refractivity contribution < 1.29 is 13.9 Å². The van der Waals surface area contributed by atoms with Crippen LogP contribution in [0, 0.1) is 5.82 Å². The van der Waals surface area contributed by atoms with Gasteiger partial charge in [0.15, 0.2) is 0 Å². The Labute approximate surface area is 135 Å². The van der Waals surface area contributed by atoms with E-state index in [0.29, 0.717) is 27.4 Å². The van der Waals surface area contributed by atoms with Crippen molar-refractivity contribution in [3.05, 3.63) is 45.6 Å². The molecule has 2 aromatic rings. The number of halogens is 3. The summed E-state index contributed by atoms with van der Waals surface area (Å²) in [6.07, 6.45) is 0.0133. The standard InChI is InChI=1S/C15H14BrClFNO2/c1-8(2)20-10-3-9(19)4-11(5-10)21-15-7-14(18)13(17)6-12(15)16/h3-8H,19H2,1-2H3. The van der Waals surface area contributed by atoms with Crippen molar-refractivity contribution in [3.8, 4) is 17.2 Å². The van der Waals surface area contributed by atoms with Crippen LogP contribution in [0.2, 0.25) is 5.02 Å². The third-order valence-corrected chi connectivity index (χ3v) is 3.39. The molecule has 0 atom stereocenters. The number of hydrogen-bond donors (Lipinski definition) is 1. The SMILES string of the molecule is CC(C)Oc1cc(N)cc(Oc2cc(F)c(Cl)cc2Br)c1. The Kier molecular flexibility index (Phi) is 4.96. The highest BCUT2D eigenvalue weighted by Gasteiger charge is 2.10. The second kappa shape index (κ2) is 6.54. The molecule has 112 valence electrons. The van der Waals surface area contributed by atoms with Crippen molar-refractivity contribution in [2.45, 2.75) is 20.0 Å². The number of rotatable bonds is 4. The summed E-state index contributed by atoms with van der Waals surface area (Å²) in [6, 6.07) is 7.66. The molecule has 3 nitrogen and oxygen atoms in total. The van der Waals surface area contributed by atoms with Crippen LogP contribution in [0.4, 0.5) is 10.1 Å². The molecule has 2 aromatic carbocycles. The van der Waals surface area contributed by atoms with Crippen molar-refractivity contribution >= 4 is 33.2 Å².